The van der Waals surface area contributed by atoms with Gasteiger partial charge in [0.2, 0.25) is 0 Å². The highest BCUT2D eigenvalue weighted by Gasteiger charge is 2.20. The highest BCUT2D eigenvalue weighted by Crippen LogP contribution is 2.27. The highest BCUT2D eigenvalue weighted by molar-refractivity contribution is 9.10. The van der Waals surface area contributed by atoms with Gasteiger partial charge < -0.3 is 5.73 Å². The number of halogens is 2. The fourth-order valence-electron chi connectivity index (χ4n) is 1.30. The van der Waals surface area contributed by atoms with E-state index in [9.17, 15) is 12.8 Å². The third kappa shape index (κ3) is 2.99. The Balaban J connectivity index is 2.43. The Kier molecular flexibility index (Phi) is 3.67. The van der Waals surface area contributed by atoms with Gasteiger partial charge in [0, 0.05) is 10.7 Å². The molecular formula is C10H8BrFN4O2S. The second-order valence-electron chi connectivity index (χ2n) is 3.52. The van der Waals surface area contributed by atoms with Crippen LogP contribution in [0.1, 0.15) is 0 Å². The molecule has 2 rings (SSSR count). The number of nitrogen functional groups attached to an aromatic ring is 1. The quantitative estimate of drug-likeness (QED) is 0.825. The first-order valence-corrected chi connectivity index (χ1v) is 7.23. The first kappa shape index (κ1) is 13.7. The first-order chi connectivity index (χ1) is 8.90. The SMILES string of the molecule is Nc1cc(S(=O)(=O)Nc2cccnn2)c(Br)cc1F. The number of aromatic nitrogens is 2. The van der Waals surface area contributed by atoms with Crippen LogP contribution in [0, 0.1) is 5.82 Å². The van der Waals surface area contributed by atoms with E-state index in [0.29, 0.717) is 0 Å². The molecule has 1 aromatic heterocycles. The van der Waals surface area contributed by atoms with Crippen LogP contribution in [-0.2, 0) is 10.0 Å². The van der Waals surface area contributed by atoms with Gasteiger partial charge in [-0.2, -0.15) is 5.10 Å². The molecule has 3 N–H and O–H groups in total. The number of sulfonamides is 1. The lowest BCUT2D eigenvalue weighted by Gasteiger charge is -2.09. The molecule has 6 nitrogen and oxygen atoms in total. The van der Waals surface area contributed by atoms with Gasteiger partial charge in [-0.05, 0) is 40.2 Å². The van der Waals surface area contributed by atoms with E-state index in [0.717, 1.165) is 12.1 Å². The molecule has 0 aliphatic rings. The molecule has 0 amide bonds. The minimum absolute atomic E-state index is 0.0531. The maximum Gasteiger partial charge on any atom is 0.264 e. The molecule has 1 aromatic carbocycles. The van der Waals surface area contributed by atoms with Gasteiger partial charge in [0.1, 0.15) is 10.7 Å². The molecule has 0 saturated carbocycles. The molecule has 100 valence electrons. The van der Waals surface area contributed by atoms with E-state index in [1.165, 1.54) is 18.3 Å². The second kappa shape index (κ2) is 5.10. The van der Waals surface area contributed by atoms with Crippen LogP contribution in [0.4, 0.5) is 15.9 Å². The topological polar surface area (TPSA) is 98.0 Å². The summed E-state index contributed by atoms with van der Waals surface area (Å²) in [6.45, 7) is 0. The van der Waals surface area contributed by atoms with Crippen LogP contribution in [0.15, 0.2) is 39.8 Å². The van der Waals surface area contributed by atoms with Gasteiger partial charge in [-0.15, -0.1) is 5.10 Å². The van der Waals surface area contributed by atoms with Crippen LogP contribution < -0.4 is 10.5 Å². The predicted molar refractivity (Wildman–Crippen MR) is 71.4 cm³/mol. The van der Waals surface area contributed by atoms with E-state index in [4.69, 9.17) is 5.73 Å². The van der Waals surface area contributed by atoms with Crippen LogP contribution in [-0.4, -0.2) is 18.6 Å². The number of rotatable bonds is 3. The van der Waals surface area contributed by atoms with Crippen molar-refractivity contribution in [3.05, 3.63) is 40.8 Å². The summed E-state index contributed by atoms with van der Waals surface area (Å²) < 4.78 is 39.7. The summed E-state index contributed by atoms with van der Waals surface area (Å²) in [5.41, 5.74) is 5.10. The van der Waals surface area contributed by atoms with Gasteiger partial charge in [0.05, 0.1) is 5.69 Å². The van der Waals surface area contributed by atoms with Crippen molar-refractivity contribution in [1.29, 1.82) is 0 Å². The summed E-state index contributed by atoms with van der Waals surface area (Å²) in [6, 6.07) is 4.98. The summed E-state index contributed by atoms with van der Waals surface area (Å²) >= 11 is 2.98. The summed E-state index contributed by atoms with van der Waals surface area (Å²) in [5.74, 6) is -0.650. The van der Waals surface area contributed by atoms with E-state index < -0.39 is 15.8 Å². The molecule has 0 fully saturated rings. The van der Waals surface area contributed by atoms with Gasteiger partial charge in [-0.1, -0.05) is 0 Å². The standard InChI is InChI=1S/C10H8BrFN4O2S/c11-6-4-7(12)8(13)5-9(6)19(17,18)16-10-2-1-3-14-15-10/h1-5H,13H2,(H,15,16). The molecule has 0 bridgehead atoms. The molecule has 0 saturated heterocycles. The monoisotopic (exact) mass is 346 g/mol. The van der Waals surface area contributed by atoms with Crippen LogP contribution in [0.3, 0.4) is 0 Å². The summed E-state index contributed by atoms with van der Waals surface area (Å²) in [5, 5.41) is 7.14. The van der Waals surface area contributed by atoms with E-state index in [2.05, 4.69) is 30.8 Å². The Hall–Kier alpha value is -1.74. The van der Waals surface area contributed by atoms with E-state index in [1.54, 1.807) is 0 Å². The van der Waals surface area contributed by atoms with Gasteiger partial charge in [-0.25, -0.2) is 12.8 Å². The lowest BCUT2D eigenvalue weighted by Crippen LogP contribution is -2.15. The Morgan fingerprint density at radius 3 is 2.74 bits per heavy atom. The minimum atomic E-state index is -3.93. The lowest BCUT2D eigenvalue weighted by molar-refractivity contribution is 0.599. The zero-order valence-electron chi connectivity index (χ0n) is 9.34. The molecular weight excluding hydrogens is 339 g/mol. The van der Waals surface area contributed by atoms with Gasteiger partial charge in [0.15, 0.2) is 5.82 Å². The average Bonchev–Trinajstić information content (AvgIpc) is 2.34. The largest absolute Gasteiger partial charge is 0.396 e. The molecule has 2 aromatic rings. The normalized spacial score (nSPS) is 11.3. The number of benzene rings is 1. The van der Waals surface area contributed by atoms with Crippen molar-refractivity contribution in [3.63, 3.8) is 0 Å². The first-order valence-electron chi connectivity index (χ1n) is 4.95. The third-order valence-corrected chi connectivity index (χ3v) is 4.47. The summed E-state index contributed by atoms with van der Waals surface area (Å²) in [7, 11) is -3.93. The summed E-state index contributed by atoms with van der Waals surface area (Å²) in [6.07, 6.45) is 1.41. The van der Waals surface area contributed by atoms with E-state index in [1.807, 2.05) is 0 Å². The molecule has 0 aliphatic heterocycles. The van der Waals surface area contributed by atoms with Crippen molar-refractivity contribution < 1.29 is 12.8 Å². The molecule has 0 atom stereocenters. The fourth-order valence-corrected chi connectivity index (χ4v) is 3.35. The van der Waals surface area contributed by atoms with Crippen molar-refractivity contribution in [2.75, 3.05) is 10.5 Å². The molecule has 1 heterocycles. The lowest BCUT2D eigenvalue weighted by atomic mass is 10.3. The molecule has 0 radical (unpaired) electrons. The number of nitrogens with one attached hydrogen (secondary N) is 1. The molecule has 19 heavy (non-hydrogen) atoms. The average molecular weight is 347 g/mol. The summed E-state index contributed by atoms with van der Waals surface area (Å²) in [4.78, 5) is -0.183. The number of hydrogen-bond donors (Lipinski definition) is 2. The third-order valence-electron chi connectivity index (χ3n) is 2.15. The maximum absolute atomic E-state index is 13.2. The van der Waals surface area contributed by atoms with Gasteiger partial charge in [0.25, 0.3) is 10.0 Å². The highest BCUT2D eigenvalue weighted by atomic mass is 79.9. The Bertz CT molecular complexity index is 709. The number of anilines is 2. The predicted octanol–water partition coefficient (Wildman–Crippen LogP) is 1.76. The Morgan fingerprint density at radius 2 is 2.11 bits per heavy atom. The smallest absolute Gasteiger partial charge is 0.264 e. The molecule has 0 spiro atoms. The molecule has 0 aliphatic carbocycles. The van der Waals surface area contributed by atoms with Crippen LogP contribution >= 0.6 is 15.9 Å². The fraction of sp³-hybridized carbons (Fsp3) is 0. The van der Waals surface area contributed by atoms with Gasteiger partial charge >= 0.3 is 0 Å². The molecule has 0 unspecified atom stereocenters. The second-order valence-corrected chi connectivity index (χ2v) is 6.02. The number of nitrogens with two attached hydrogens (primary N) is 1. The number of hydrogen-bond acceptors (Lipinski definition) is 5. The Morgan fingerprint density at radius 1 is 1.37 bits per heavy atom. The molecule has 9 heteroatoms. The van der Waals surface area contributed by atoms with Crippen molar-refractivity contribution in [2.45, 2.75) is 4.90 Å². The number of nitrogens with zero attached hydrogens (tertiary/aromatic N) is 2. The van der Waals surface area contributed by atoms with Crippen molar-refractivity contribution >= 4 is 37.5 Å². The zero-order chi connectivity index (χ0) is 14.0. The zero-order valence-corrected chi connectivity index (χ0v) is 11.7. The van der Waals surface area contributed by atoms with Crippen LogP contribution in [0.2, 0.25) is 0 Å². The maximum atomic E-state index is 13.2. The van der Waals surface area contributed by atoms with Crippen molar-refractivity contribution in [2.24, 2.45) is 0 Å². The van der Waals surface area contributed by atoms with Crippen LogP contribution in [0.25, 0.3) is 0 Å². The van der Waals surface area contributed by atoms with E-state index >= 15 is 0 Å². The van der Waals surface area contributed by atoms with Gasteiger partial charge in [-0.3, -0.25) is 4.72 Å². The minimum Gasteiger partial charge on any atom is -0.396 e. The van der Waals surface area contributed by atoms with E-state index in [-0.39, 0.29) is 20.9 Å². The van der Waals surface area contributed by atoms with Crippen molar-refractivity contribution in [1.82, 2.24) is 10.2 Å². The van der Waals surface area contributed by atoms with Crippen LogP contribution in [0.5, 0.6) is 0 Å². The van der Waals surface area contributed by atoms with Crippen molar-refractivity contribution in [3.8, 4) is 0 Å². The Labute approximate surface area is 117 Å².